The van der Waals surface area contributed by atoms with Gasteiger partial charge in [0, 0.05) is 17.6 Å². The second-order valence-electron chi connectivity index (χ2n) is 5.10. The molecule has 0 saturated carbocycles. The van der Waals surface area contributed by atoms with Gasteiger partial charge in [0.25, 0.3) is 0 Å². The molecule has 8 heteroatoms. The molecule has 132 valence electrons. The van der Waals surface area contributed by atoms with Gasteiger partial charge in [-0.3, -0.25) is 14.5 Å². The van der Waals surface area contributed by atoms with Gasteiger partial charge in [0.15, 0.2) is 0 Å². The van der Waals surface area contributed by atoms with Gasteiger partial charge in [0.05, 0.1) is 17.8 Å². The van der Waals surface area contributed by atoms with Crippen LogP contribution in [0.3, 0.4) is 0 Å². The lowest BCUT2D eigenvalue weighted by molar-refractivity contribution is -0.120. The third kappa shape index (κ3) is 4.84. The van der Waals surface area contributed by atoms with E-state index in [-0.39, 0.29) is 17.5 Å². The fourth-order valence-electron chi connectivity index (χ4n) is 2.16. The summed E-state index contributed by atoms with van der Waals surface area (Å²) in [4.78, 5) is 25.5. The number of rotatable bonds is 5. The number of nitrogens with zero attached hydrogens (tertiary/aromatic N) is 1. The maximum Gasteiger partial charge on any atom is 0.244 e. The number of hydrogen-bond acceptors (Lipinski definition) is 3. The maximum absolute atomic E-state index is 13.2. The summed E-state index contributed by atoms with van der Waals surface area (Å²) in [5, 5.41) is 2.84. The Bertz CT molecular complexity index is 814. The van der Waals surface area contributed by atoms with E-state index in [1.807, 2.05) is 0 Å². The fourth-order valence-corrected chi connectivity index (χ4v) is 2.51. The molecule has 2 rings (SSSR count). The first kappa shape index (κ1) is 19.0. The third-order valence-electron chi connectivity index (χ3n) is 3.32. The molecule has 2 aromatic carbocycles. The lowest BCUT2D eigenvalue weighted by atomic mass is 10.2. The number of nitrogens with one attached hydrogen (secondary N) is 1. The molecule has 0 heterocycles. The number of halogens is 3. The lowest BCUT2D eigenvalue weighted by Crippen LogP contribution is -2.37. The molecule has 5 nitrogen and oxygen atoms in total. The van der Waals surface area contributed by atoms with Gasteiger partial charge in [-0.1, -0.05) is 23.2 Å². The summed E-state index contributed by atoms with van der Waals surface area (Å²) >= 11 is 11.7. The lowest BCUT2D eigenvalue weighted by Gasteiger charge is -2.23. The highest BCUT2D eigenvalue weighted by molar-refractivity contribution is 6.31. The standard InChI is InChI=1S/C17H15Cl2FN2O3/c1-10(23)22(15-7-11(18)3-6-16(15)25-2)9-17(24)21-12-4-5-14(20)13(19)8-12/h3-8H,9H2,1-2H3,(H,21,24). The van der Waals surface area contributed by atoms with Crippen LogP contribution in [0.15, 0.2) is 36.4 Å². The highest BCUT2D eigenvalue weighted by atomic mass is 35.5. The van der Waals surface area contributed by atoms with Crippen LogP contribution in [-0.2, 0) is 9.59 Å². The Morgan fingerprint density at radius 2 is 1.92 bits per heavy atom. The van der Waals surface area contributed by atoms with Crippen molar-refractivity contribution in [3.05, 3.63) is 52.3 Å². The predicted octanol–water partition coefficient (Wildman–Crippen LogP) is 4.13. The van der Waals surface area contributed by atoms with Crippen LogP contribution in [0.25, 0.3) is 0 Å². The second-order valence-corrected chi connectivity index (χ2v) is 5.94. The third-order valence-corrected chi connectivity index (χ3v) is 3.84. The molecule has 25 heavy (non-hydrogen) atoms. The number of ether oxygens (including phenoxy) is 1. The Balaban J connectivity index is 2.21. The molecule has 0 aliphatic rings. The molecular formula is C17H15Cl2FN2O3. The Labute approximate surface area is 154 Å². The van der Waals surface area contributed by atoms with Crippen molar-refractivity contribution in [3.63, 3.8) is 0 Å². The van der Waals surface area contributed by atoms with E-state index in [2.05, 4.69) is 5.32 Å². The van der Waals surface area contributed by atoms with E-state index in [1.165, 1.54) is 37.1 Å². The number of methoxy groups -OCH3 is 1. The number of amides is 2. The van der Waals surface area contributed by atoms with E-state index in [9.17, 15) is 14.0 Å². The van der Waals surface area contributed by atoms with E-state index in [4.69, 9.17) is 27.9 Å². The predicted molar refractivity (Wildman–Crippen MR) is 96.1 cm³/mol. The Kier molecular flexibility index (Phi) is 6.22. The SMILES string of the molecule is COc1ccc(Cl)cc1N(CC(=O)Nc1ccc(F)c(Cl)c1)C(C)=O. The van der Waals surface area contributed by atoms with Gasteiger partial charge in [-0.2, -0.15) is 0 Å². The molecule has 0 unspecified atom stereocenters. The van der Waals surface area contributed by atoms with E-state index < -0.39 is 11.7 Å². The van der Waals surface area contributed by atoms with Crippen molar-refractivity contribution in [2.75, 3.05) is 23.9 Å². The fraction of sp³-hybridized carbons (Fsp3) is 0.176. The first-order valence-corrected chi connectivity index (χ1v) is 7.94. The van der Waals surface area contributed by atoms with Gasteiger partial charge in [0.1, 0.15) is 18.1 Å². The molecule has 1 N–H and O–H groups in total. The zero-order valence-corrected chi connectivity index (χ0v) is 15.0. The molecule has 0 aliphatic heterocycles. The number of carbonyl (C=O) groups excluding carboxylic acids is 2. The van der Waals surface area contributed by atoms with Crippen molar-refractivity contribution in [2.45, 2.75) is 6.92 Å². The molecular weight excluding hydrogens is 370 g/mol. The van der Waals surface area contributed by atoms with Crippen molar-refractivity contribution in [1.82, 2.24) is 0 Å². The summed E-state index contributed by atoms with van der Waals surface area (Å²) in [5.74, 6) is -1.04. The molecule has 0 saturated heterocycles. The first-order chi connectivity index (χ1) is 11.8. The second kappa shape index (κ2) is 8.18. The summed E-state index contributed by atoms with van der Waals surface area (Å²) in [6, 6.07) is 8.54. The zero-order chi connectivity index (χ0) is 18.6. The average Bonchev–Trinajstić information content (AvgIpc) is 2.55. The summed E-state index contributed by atoms with van der Waals surface area (Å²) in [5.41, 5.74) is 0.688. The maximum atomic E-state index is 13.2. The summed E-state index contributed by atoms with van der Waals surface area (Å²) in [6.07, 6.45) is 0. The van der Waals surface area contributed by atoms with Crippen LogP contribution in [-0.4, -0.2) is 25.5 Å². The van der Waals surface area contributed by atoms with Crippen LogP contribution in [0.2, 0.25) is 10.0 Å². The molecule has 0 radical (unpaired) electrons. The molecule has 2 aromatic rings. The highest BCUT2D eigenvalue weighted by Gasteiger charge is 2.20. The Hall–Kier alpha value is -2.31. The molecule has 0 bridgehead atoms. The van der Waals surface area contributed by atoms with Crippen LogP contribution in [0.4, 0.5) is 15.8 Å². The average molecular weight is 385 g/mol. The molecule has 0 fully saturated rings. The van der Waals surface area contributed by atoms with E-state index >= 15 is 0 Å². The van der Waals surface area contributed by atoms with Crippen LogP contribution in [0, 0.1) is 5.82 Å². The Morgan fingerprint density at radius 3 is 2.52 bits per heavy atom. The monoisotopic (exact) mass is 384 g/mol. The number of benzene rings is 2. The number of carbonyl (C=O) groups is 2. The van der Waals surface area contributed by atoms with Crippen molar-refractivity contribution < 1.29 is 18.7 Å². The summed E-state index contributed by atoms with van der Waals surface area (Å²) in [7, 11) is 1.45. The molecule has 2 amide bonds. The van der Waals surface area contributed by atoms with Crippen LogP contribution >= 0.6 is 23.2 Å². The Morgan fingerprint density at radius 1 is 1.20 bits per heavy atom. The van der Waals surface area contributed by atoms with Crippen molar-refractivity contribution >= 4 is 46.4 Å². The summed E-state index contributed by atoms with van der Waals surface area (Å²) < 4.78 is 18.4. The van der Waals surface area contributed by atoms with Gasteiger partial charge in [-0.25, -0.2) is 4.39 Å². The van der Waals surface area contributed by atoms with Crippen LogP contribution in [0.5, 0.6) is 5.75 Å². The molecule has 0 atom stereocenters. The van der Waals surface area contributed by atoms with Gasteiger partial charge in [0.2, 0.25) is 11.8 Å². The van der Waals surface area contributed by atoms with Gasteiger partial charge in [-0.05, 0) is 36.4 Å². The smallest absolute Gasteiger partial charge is 0.244 e. The number of hydrogen-bond donors (Lipinski definition) is 1. The zero-order valence-electron chi connectivity index (χ0n) is 13.5. The quantitative estimate of drug-likeness (QED) is 0.842. The highest BCUT2D eigenvalue weighted by Crippen LogP contribution is 2.31. The van der Waals surface area contributed by atoms with Gasteiger partial charge >= 0.3 is 0 Å². The van der Waals surface area contributed by atoms with Crippen LogP contribution in [0.1, 0.15) is 6.92 Å². The first-order valence-electron chi connectivity index (χ1n) is 7.18. The van der Waals surface area contributed by atoms with Gasteiger partial charge in [-0.15, -0.1) is 0 Å². The van der Waals surface area contributed by atoms with Crippen LogP contribution < -0.4 is 15.0 Å². The van der Waals surface area contributed by atoms with Gasteiger partial charge < -0.3 is 10.1 Å². The van der Waals surface area contributed by atoms with E-state index in [0.29, 0.717) is 22.1 Å². The molecule has 0 aliphatic carbocycles. The van der Waals surface area contributed by atoms with Crippen molar-refractivity contribution in [2.24, 2.45) is 0 Å². The normalized spacial score (nSPS) is 10.3. The van der Waals surface area contributed by atoms with Crippen molar-refractivity contribution in [3.8, 4) is 5.75 Å². The number of anilines is 2. The minimum atomic E-state index is -0.589. The topological polar surface area (TPSA) is 58.6 Å². The molecule has 0 aromatic heterocycles. The minimum absolute atomic E-state index is 0.113. The largest absolute Gasteiger partial charge is 0.495 e. The van der Waals surface area contributed by atoms with E-state index in [0.717, 1.165) is 6.07 Å². The molecule has 0 spiro atoms. The van der Waals surface area contributed by atoms with E-state index in [1.54, 1.807) is 12.1 Å². The minimum Gasteiger partial charge on any atom is -0.495 e. The van der Waals surface area contributed by atoms with Crippen molar-refractivity contribution in [1.29, 1.82) is 0 Å². The summed E-state index contributed by atoms with van der Waals surface area (Å²) in [6.45, 7) is 1.05.